The first-order chi connectivity index (χ1) is 7.50. The molecule has 0 aliphatic rings. The Morgan fingerprint density at radius 2 is 2.06 bits per heavy atom. The summed E-state index contributed by atoms with van der Waals surface area (Å²) in [5.74, 6) is 1.73. The molecule has 0 fully saturated rings. The molecule has 5 heteroatoms. The van der Waals surface area contributed by atoms with Crippen molar-refractivity contribution < 1.29 is 0 Å². The van der Waals surface area contributed by atoms with E-state index in [0.29, 0.717) is 12.6 Å². The average Bonchev–Trinajstić information content (AvgIpc) is 2.25. The van der Waals surface area contributed by atoms with Gasteiger partial charge >= 0.3 is 0 Å². The van der Waals surface area contributed by atoms with Crippen molar-refractivity contribution in [2.45, 2.75) is 32.9 Å². The molecule has 1 atom stereocenters. The summed E-state index contributed by atoms with van der Waals surface area (Å²) >= 11 is 0. The molecule has 1 unspecified atom stereocenters. The van der Waals surface area contributed by atoms with E-state index >= 15 is 0 Å². The number of nitrogens with one attached hydrogen (secondary N) is 1. The second-order valence-corrected chi connectivity index (χ2v) is 4.32. The molecule has 1 aromatic heterocycles. The summed E-state index contributed by atoms with van der Waals surface area (Å²) in [5.41, 5.74) is 5.67. The van der Waals surface area contributed by atoms with Crippen LogP contribution in [-0.2, 0) is 0 Å². The molecule has 16 heavy (non-hydrogen) atoms. The number of nitrogens with two attached hydrogens (primary N) is 1. The SMILES string of the molecule is CC(N)CNc1cc(N(C)C(C)C)ncn1. The lowest BCUT2D eigenvalue weighted by molar-refractivity contribution is 0.740. The molecule has 0 aliphatic heterocycles. The topological polar surface area (TPSA) is 67.1 Å². The Kier molecular flexibility index (Phi) is 4.49. The normalized spacial score (nSPS) is 12.6. The van der Waals surface area contributed by atoms with E-state index < -0.39 is 0 Å². The highest BCUT2D eigenvalue weighted by Crippen LogP contribution is 2.14. The molecular formula is C11H21N5. The number of rotatable bonds is 5. The van der Waals surface area contributed by atoms with E-state index in [1.165, 1.54) is 0 Å². The van der Waals surface area contributed by atoms with Crippen molar-refractivity contribution in [3.05, 3.63) is 12.4 Å². The summed E-state index contributed by atoms with van der Waals surface area (Å²) in [5, 5.41) is 3.18. The molecule has 5 nitrogen and oxygen atoms in total. The van der Waals surface area contributed by atoms with Crippen molar-refractivity contribution in [3.8, 4) is 0 Å². The third kappa shape index (κ3) is 3.66. The molecule has 0 spiro atoms. The highest BCUT2D eigenvalue weighted by molar-refractivity contribution is 5.48. The van der Waals surface area contributed by atoms with Gasteiger partial charge in [-0.1, -0.05) is 0 Å². The molecule has 90 valence electrons. The highest BCUT2D eigenvalue weighted by atomic mass is 15.2. The van der Waals surface area contributed by atoms with Crippen LogP contribution < -0.4 is 16.0 Å². The lowest BCUT2D eigenvalue weighted by Gasteiger charge is -2.22. The minimum Gasteiger partial charge on any atom is -0.368 e. The third-order valence-electron chi connectivity index (χ3n) is 2.39. The number of hydrogen-bond donors (Lipinski definition) is 2. The van der Waals surface area contributed by atoms with Crippen molar-refractivity contribution in [2.75, 3.05) is 23.8 Å². The van der Waals surface area contributed by atoms with E-state index in [0.717, 1.165) is 11.6 Å². The Bertz CT molecular complexity index is 324. The molecular weight excluding hydrogens is 202 g/mol. The zero-order valence-electron chi connectivity index (χ0n) is 10.4. The lowest BCUT2D eigenvalue weighted by Crippen LogP contribution is -2.27. The van der Waals surface area contributed by atoms with Gasteiger partial charge in [0, 0.05) is 31.7 Å². The molecule has 0 amide bonds. The van der Waals surface area contributed by atoms with Crippen LogP contribution in [0.15, 0.2) is 12.4 Å². The number of aromatic nitrogens is 2. The smallest absolute Gasteiger partial charge is 0.134 e. The van der Waals surface area contributed by atoms with Crippen LogP contribution in [0.4, 0.5) is 11.6 Å². The van der Waals surface area contributed by atoms with Gasteiger partial charge in [0.25, 0.3) is 0 Å². The summed E-state index contributed by atoms with van der Waals surface area (Å²) in [6.45, 7) is 6.91. The van der Waals surface area contributed by atoms with Crippen molar-refractivity contribution >= 4 is 11.6 Å². The van der Waals surface area contributed by atoms with Gasteiger partial charge in [-0.05, 0) is 20.8 Å². The summed E-state index contributed by atoms with van der Waals surface area (Å²) in [4.78, 5) is 10.5. The van der Waals surface area contributed by atoms with Gasteiger partial charge in [-0.3, -0.25) is 0 Å². The molecule has 0 radical (unpaired) electrons. The standard InChI is InChI=1S/C11H21N5/c1-8(2)16(4)11-5-10(14-7-15-11)13-6-9(3)12/h5,7-9H,6,12H2,1-4H3,(H,13,14,15). The van der Waals surface area contributed by atoms with Gasteiger partial charge in [0.1, 0.15) is 18.0 Å². The summed E-state index contributed by atoms with van der Waals surface area (Å²) in [6.07, 6.45) is 1.57. The van der Waals surface area contributed by atoms with Crippen LogP contribution in [0.25, 0.3) is 0 Å². The minimum atomic E-state index is 0.112. The van der Waals surface area contributed by atoms with Gasteiger partial charge in [0.2, 0.25) is 0 Å². The van der Waals surface area contributed by atoms with Crippen molar-refractivity contribution in [2.24, 2.45) is 5.73 Å². The average molecular weight is 223 g/mol. The molecule has 0 aromatic carbocycles. The van der Waals surface area contributed by atoms with Crippen LogP contribution in [0.3, 0.4) is 0 Å². The second-order valence-electron chi connectivity index (χ2n) is 4.32. The maximum Gasteiger partial charge on any atom is 0.134 e. The van der Waals surface area contributed by atoms with E-state index in [1.807, 2.05) is 20.0 Å². The fourth-order valence-electron chi connectivity index (χ4n) is 1.17. The van der Waals surface area contributed by atoms with Gasteiger partial charge in [-0.25, -0.2) is 9.97 Å². The predicted octanol–water partition coefficient (Wildman–Crippen LogP) is 1.08. The zero-order valence-corrected chi connectivity index (χ0v) is 10.4. The van der Waals surface area contributed by atoms with Crippen molar-refractivity contribution in [1.82, 2.24) is 9.97 Å². The fourth-order valence-corrected chi connectivity index (χ4v) is 1.17. The maximum absolute atomic E-state index is 5.67. The molecule has 1 rings (SSSR count). The maximum atomic E-state index is 5.67. The summed E-state index contributed by atoms with van der Waals surface area (Å²) in [7, 11) is 2.02. The van der Waals surface area contributed by atoms with Crippen molar-refractivity contribution in [1.29, 1.82) is 0 Å². The van der Waals surface area contributed by atoms with Crippen LogP contribution >= 0.6 is 0 Å². The van der Waals surface area contributed by atoms with Gasteiger partial charge in [-0.2, -0.15) is 0 Å². The molecule has 1 heterocycles. The van der Waals surface area contributed by atoms with Crippen LogP contribution in [-0.4, -0.2) is 35.6 Å². The Morgan fingerprint density at radius 1 is 1.38 bits per heavy atom. The Balaban J connectivity index is 2.71. The van der Waals surface area contributed by atoms with E-state index in [2.05, 4.69) is 34.0 Å². The quantitative estimate of drug-likeness (QED) is 0.782. The fraction of sp³-hybridized carbons (Fsp3) is 0.636. The first-order valence-corrected chi connectivity index (χ1v) is 5.55. The monoisotopic (exact) mass is 223 g/mol. The third-order valence-corrected chi connectivity index (χ3v) is 2.39. The number of hydrogen-bond acceptors (Lipinski definition) is 5. The molecule has 3 N–H and O–H groups in total. The van der Waals surface area contributed by atoms with Gasteiger partial charge in [-0.15, -0.1) is 0 Å². The van der Waals surface area contributed by atoms with Crippen LogP contribution in [0.2, 0.25) is 0 Å². The Morgan fingerprint density at radius 3 is 2.62 bits per heavy atom. The summed E-state index contributed by atoms with van der Waals surface area (Å²) in [6, 6.07) is 2.46. The number of anilines is 2. The van der Waals surface area contributed by atoms with E-state index in [-0.39, 0.29) is 6.04 Å². The Labute approximate surface area is 97.1 Å². The number of nitrogens with zero attached hydrogens (tertiary/aromatic N) is 3. The Hall–Kier alpha value is -1.36. The second kappa shape index (κ2) is 5.65. The van der Waals surface area contributed by atoms with Crippen LogP contribution in [0.1, 0.15) is 20.8 Å². The van der Waals surface area contributed by atoms with Gasteiger partial charge < -0.3 is 16.0 Å². The van der Waals surface area contributed by atoms with Gasteiger partial charge in [0.15, 0.2) is 0 Å². The van der Waals surface area contributed by atoms with E-state index in [9.17, 15) is 0 Å². The molecule has 0 aliphatic carbocycles. The van der Waals surface area contributed by atoms with Crippen molar-refractivity contribution in [3.63, 3.8) is 0 Å². The lowest BCUT2D eigenvalue weighted by atomic mass is 10.3. The predicted molar refractivity (Wildman–Crippen MR) is 67.7 cm³/mol. The summed E-state index contributed by atoms with van der Waals surface area (Å²) < 4.78 is 0. The molecule has 0 saturated carbocycles. The molecule has 1 aromatic rings. The zero-order chi connectivity index (χ0) is 12.1. The first kappa shape index (κ1) is 12.7. The molecule has 0 bridgehead atoms. The van der Waals surface area contributed by atoms with Crippen LogP contribution in [0, 0.1) is 0 Å². The van der Waals surface area contributed by atoms with Gasteiger partial charge in [0.05, 0.1) is 0 Å². The minimum absolute atomic E-state index is 0.112. The van der Waals surface area contributed by atoms with Crippen LogP contribution in [0.5, 0.6) is 0 Å². The molecule has 0 saturated heterocycles. The van der Waals surface area contributed by atoms with E-state index in [1.54, 1.807) is 6.33 Å². The first-order valence-electron chi connectivity index (χ1n) is 5.55. The van der Waals surface area contributed by atoms with E-state index in [4.69, 9.17) is 5.73 Å². The largest absolute Gasteiger partial charge is 0.368 e. The highest BCUT2D eigenvalue weighted by Gasteiger charge is 2.07.